The van der Waals surface area contributed by atoms with E-state index >= 15 is 4.39 Å². The van der Waals surface area contributed by atoms with Crippen LogP contribution in [0.1, 0.15) is 98.8 Å². The average Bonchev–Trinajstić information content (AvgIpc) is 3.62. The lowest BCUT2D eigenvalue weighted by molar-refractivity contribution is -0.340. The molecule has 2 aliphatic carbocycles. The molecule has 6 aliphatic heterocycles. The van der Waals surface area contributed by atoms with Crippen LogP contribution in [0.25, 0.3) is 0 Å². The predicted molar refractivity (Wildman–Crippen MR) is 230 cm³/mol. The van der Waals surface area contributed by atoms with Crippen molar-refractivity contribution in [3.05, 3.63) is 59.3 Å². The lowest BCUT2D eigenvalue weighted by atomic mass is 9.71. The number of aliphatic hydroxyl groups excluding tert-OH is 2. The van der Waals surface area contributed by atoms with Crippen LogP contribution in [0.15, 0.2) is 59.3 Å². The zero-order valence-electron chi connectivity index (χ0n) is 38.4. The molecule has 15 heteroatoms. The number of carbonyl (C=O) groups is 1. The smallest absolute Gasteiger partial charge is 0.316 e. The zero-order valence-corrected chi connectivity index (χ0v) is 38.4. The third kappa shape index (κ3) is 9.80. The molecule has 8 aliphatic rings. The van der Waals surface area contributed by atoms with Crippen molar-refractivity contribution in [2.45, 2.75) is 196 Å². The molecule has 4 saturated heterocycles. The van der Waals surface area contributed by atoms with Crippen LogP contribution in [-0.2, 0) is 52.2 Å². The van der Waals surface area contributed by atoms with Crippen molar-refractivity contribution >= 4 is 5.97 Å². The first kappa shape index (κ1) is 48.1. The van der Waals surface area contributed by atoms with E-state index in [0.29, 0.717) is 29.9 Å². The highest BCUT2D eigenvalue weighted by atomic mass is 19.1. The largest absolute Gasteiger partial charge is 0.462 e. The number of aliphatic hydroxyl groups is 3. The molecule has 6 heterocycles. The summed E-state index contributed by atoms with van der Waals surface area (Å²) in [7, 11) is 2.99. The number of methoxy groups -OCH3 is 2. The molecule has 1 spiro atoms. The Morgan fingerprint density at radius 1 is 0.859 bits per heavy atom. The second-order valence-corrected chi connectivity index (χ2v) is 19.6. The number of rotatable bonds is 7. The van der Waals surface area contributed by atoms with E-state index < -0.39 is 103 Å². The monoisotopic (exact) mass is 902 g/mol. The number of hydrogen-bond acceptors (Lipinski definition) is 14. The first-order valence-corrected chi connectivity index (χ1v) is 23.6. The van der Waals surface area contributed by atoms with Gasteiger partial charge < -0.3 is 62.7 Å². The van der Waals surface area contributed by atoms with Gasteiger partial charge in [0, 0.05) is 51.7 Å². The van der Waals surface area contributed by atoms with E-state index in [2.05, 4.69) is 19.1 Å². The molecule has 0 amide bonds. The number of alkyl halides is 1. The van der Waals surface area contributed by atoms with E-state index in [4.69, 9.17) is 47.4 Å². The van der Waals surface area contributed by atoms with Gasteiger partial charge in [-0.3, -0.25) is 4.79 Å². The van der Waals surface area contributed by atoms with Gasteiger partial charge in [-0.05, 0) is 68.7 Å². The van der Waals surface area contributed by atoms with Gasteiger partial charge >= 0.3 is 5.97 Å². The summed E-state index contributed by atoms with van der Waals surface area (Å²) in [6, 6.07) is 0. The number of carbonyl (C=O) groups excluding carboxylic acids is 1. The Morgan fingerprint density at radius 3 is 2.34 bits per heavy atom. The third-order valence-electron chi connectivity index (χ3n) is 15.1. The molecule has 0 aromatic rings. The predicted octanol–water partition coefficient (Wildman–Crippen LogP) is 5.82. The van der Waals surface area contributed by atoms with Gasteiger partial charge in [0.2, 0.25) is 6.36 Å². The molecule has 2 bridgehead atoms. The summed E-state index contributed by atoms with van der Waals surface area (Å²) in [6.45, 7) is 9.55. The van der Waals surface area contributed by atoms with Crippen LogP contribution in [0.2, 0.25) is 0 Å². The highest BCUT2D eigenvalue weighted by Gasteiger charge is 2.60. The van der Waals surface area contributed by atoms with Crippen LogP contribution in [0.5, 0.6) is 0 Å². The van der Waals surface area contributed by atoms with Gasteiger partial charge in [-0.15, -0.1) is 0 Å². The summed E-state index contributed by atoms with van der Waals surface area (Å²) in [4.78, 5) is 14.4. The van der Waals surface area contributed by atoms with E-state index in [9.17, 15) is 20.1 Å². The Labute approximate surface area is 377 Å². The van der Waals surface area contributed by atoms with E-state index in [1.54, 1.807) is 32.1 Å². The van der Waals surface area contributed by atoms with Gasteiger partial charge in [-0.2, -0.15) is 0 Å². The number of esters is 1. The van der Waals surface area contributed by atoms with Gasteiger partial charge in [0.05, 0.1) is 43.2 Å². The summed E-state index contributed by atoms with van der Waals surface area (Å²) >= 11 is 0. The SMILES string of the molecule is CO[C@H]1C[C@H](O[C@H]2[C@H](F)O[C@@H](O[C@@H]3/C(C)=C/C[C@@H]4CC(C[C@]5(C=C[C@H](C)[C@@H](C6CCCCC6)O5)O4)OC(=O)C4C=C(C)[C@@H](O)[C@H]5OC/C(=C\C=C\[C@@H]3C)[C@@]45O)C[C@@H]2OC)O[C@@H](C)C1O. The third-order valence-corrected chi connectivity index (χ3v) is 15.1. The maximum atomic E-state index is 16.1. The molecule has 3 unspecified atom stereocenters. The van der Waals surface area contributed by atoms with Crippen LogP contribution >= 0.6 is 0 Å². The van der Waals surface area contributed by atoms with E-state index in [1.807, 2.05) is 26.0 Å². The minimum atomic E-state index is -1.93. The number of allylic oxidation sites excluding steroid dienone is 2. The number of halogens is 1. The first-order valence-electron chi connectivity index (χ1n) is 23.6. The number of ether oxygens (including phenoxy) is 10. The van der Waals surface area contributed by atoms with E-state index in [-0.39, 0.29) is 43.8 Å². The lowest BCUT2D eigenvalue weighted by Gasteiger charge is -2.49. The van der Waals surface area contributed by atoms with Gasteiger partial charge in [0.25, 0.3) is 0 Å². The van der Waals surface area contributed by atoms with Crippen molar-refractivity contribution in [2.24, 2.45) is 23.7 Å². The van der Waals surface area contributed by atoms with Crippen LogP contribution in [-0.4, -0.2) is 140 Å². The Hall–Kier alpha value is -2.38. The Balaban J connectivity index is 1.08. The molecule has 14 nitrogen and oxygen atoms in total. The van der Waals surface area contributed by atoms with Crippen LogP contribution in [0.3, 0.4) is 0 Å². The zero-order chi connectivity index (χ0) is 45.5. The molecule has 19 atom stereocenters. The molecular weight excluding hydrogens is 832 g/mol. The first-order chi connectivity index (χ1) is 30.6. The highest BCUT2D eigenvalue weighted by Crippen LogP contribution is 2.48. The molecule has 8 rings (SSSR count). The van der Waals surface area contributed by atoms with Crippen LogP contribution in [0, 0.1) is 23.7 Å². The van der Waals surface area contributed by atoms with Gasteiger partial charge in [0.1, 0.15) is 42.0 Å². The Kier molecular flexibility index (Phi) is 15.1. The topological polar surface area (TPSA) is 170 Å². The van der Waals surface area contributed by atoms with Gasteiger partial charge in [-0.1, -0.05) is 69.6 Å². The quantitative estimate of drug-likeness (QED) is 0.206. The van der Waals surface area contributed by atoms with E-state index in [1.165, 1.54) is 33.5 Å². The normalized spacial score (nSPS) is 49.2. The Bertz CT molecular complexity index is 1790. The summed E-state index contributed by atoms with van der Waals surface area (Å²) in [5.74, 6) is -2.61. The van der Waals surface area contributed by atoms with Crippen LogP contribution in [0.4, 0.5) is 4.39 Å². The van der Waals surface area contributed by atoms with Crippen molar-refractivity contribution < 1.29 is 71.9 Å². The Morgan fingerprint density at radius 2 is 1.59 bits per heavy atom. The fourth-order valence-corrected chi connectivity index (χ4v) is 11.4. The maximum Gasteiger partial charge on any atom is 0.316 e. The molecule has 0 aromatic heterocycles. The number of hydrogen-bond donors (Lipinski definition) is 3. The second kappa shape index (κ2) is 20.1. The van der Waals surface area contributed by atoms with E-state index in [0.717, 1.165) is 18.4 Å². The summed E-state index contributed by atoms with van der Waals surface area (Å²) in [6.07, 6.45) is 8.86. The molecule has 0 radical (unpaired) electrons. The minimum Gasteiger partial charge on any atom is -0.462 e. The lowest BCUT2D eigenvalue weighted by Crippen LogP contribution is -2.58. The molecule has 1 saturated carbocycles. The molecule has 3 N–H and O–H groups in total. The van der Waals surface area contributed by atoms with Crippen molar-refractivity contribution in [1.29, 1.82) is 0 Å². The van der Waals surface area contributed by atoms with Crippen molar-refractivity contribution in [3.63, 3.8) is 0 Å². The summed E-state index contributed by atoms with van der Waals surface area (Å²) < 4.78 is 78.3. The fourth-order valence-electron chi connectivity index (χ4n) is 11.4. The highest BCUT2D eigenvalue weighted by molar-refractivity contribution is 5.78. The summed E-state index contributed by atoms with van der Waals surface area (Å²) in [5.41, 5.74) is -0.0741. The second-order valence-electron chi connectivity index (χ2n) is 19.6. The molecule has 5 fully saturated rings. The molecule has 64 heavy (non-hydrogen) atoms. The average molecular weight is 903 g/mol. The van der Waals surface area contributed by atoms with Crippen molar-refractivity contribution in [2.75, 3.05) is 20.8 Å². The minimum absolute atomic E-state index is 0.00447. The van der Waals surface area contributed by atoms with Crippen molar-refractivity contribution in [1.82, 2.24) is 0 Å². The fraction of sp³-hybridized carbons (Fsp3) is 0.776. The van der Waals surface area contributed by atoms with Gasteiger partial charge in [0.15, 0.2) is 18.4 Å². The standard InChI is InChI=1S/C49H71FO14/c1-26-12-11-15-32-25-57-45-40(51)29(4)20-35(49(32,45)54)47(53)59-34-21-33(63-48(24-34)19-18-28(3)43(64-48)31-13-9-8-10-14-31)17-16-27(2)42(26)60-39-23-37(56-7)44(46(50)62-39)61-38-22-36(55-6)41(52)30(5)58-38/h11-12,15-16,18-20,26,28,30-31,33-46,51-52,54H,8-10,13-14,17,21-25H2,1-7H3/b12-11+,27-16+,32-15+/t26-,28-,30-,33+,34?,35?,36-,37-,38-,39+,40+,41?,42-,43-,44+,45+,46+,48+,49+/m0/s1. The molecule has 358 valence electrons. The molecular formula is C49H71FO14. The molecule has 0 aromatic carbocycles. The number of fused-ring (bicyclic) bond motifs is 2. The maximum absolute atomic E-state index is 16.1. The van der Waals surface area contributed by atoms with Crippen molar-refractivity contribution in [3.8, 4) is 0 Å². The van der Waals surface area contributed by atoms with Gasteiger partial charge in [-0.25, -0.2) is 4.39 Å². The van der Waals surface area contributed by atoms with Crippen LogP contribution < -0.4 is 0 Å². The summed E-state index contributed by atoms with van der Waals surface area (Å²) in [5, 5.41) is 34.2.